The number of nitrogens with zero attached hydrogens (tertiary/aromatic N) is 2. The molecule has 2 fully saturated rings. The Balaban J connectivity index is 1.44. The molecule has 0 atom stereocenters. The van der Waals surface area contributed by atoms with Crippen molar-refractivity contribution in [1.29, 1.82) is 0 Å². The number of hydrogen-bond acceptors (Lipinski definition) is 4. The SMILES string of the molecule is CC(C)(C)c1ccccc1OCC(=O)N1CCN(CC(=O)NC2CC2)CC1. The van der Waals surface area contributed by atoms with E-state index in [-0.39, 0.29) is 23.8 Å². The Bertz CT molecular complexity index is 671. The van der Waals surface area contributed by atoms with Crippen LogP contribution in [0.3, 0.4) is 0 Å². The molecule has 0 unspecified atom stereocenters. The number of piperazine rings is 1. The van der Waals surface area contributed by atoms with Crippen molar-refractivity contribution in [2.24, 2.45) is 0 Å². The Morgan fingerprint density at radius 2 is 1.78 bits per heavy atom. The zero-order valence-corrected chi connectivity index (χ0v) is 16.7. The van der Waals surface area contributed by atoms with E-state index in [2.05, 4.69) is 31.0 Å². The summed E-state index contributed by atoms with van der Waals surface area (Å²) in [7, 11) is 0. The van der Waals surface area contributed by atoms with E-state index in [1.807, 2.05) is 29.2 Å². The fraction of sp³-hybridized carbons (Fsp3) is 0.619. The largest absolute Gasteiger partial charge is 0.483 e. The molecule has 1 saturated heterocycles. The number of carbonyl (C=O) groups excluding carboxylic acids is 2. The van der Waals surface area contributed by atoms with Crippen molar-refractivity contribution >= 4 is 11.8 Å². The number of rotatable bonds is 6. The summed E-state index contributed by atoms with van der Waals surface area (Å²) in [5, 5.41) is 3.01. The minimum Gasteiger partial charge on any atom is -0.483 e. The molecule has 148 valence electrons. The van der Waals surface area contributed by atoms with Gasteiger partial charge in [-0.15, -0.1) is 0 Å². The molecule has 2 amide bonds. The average Bonchev–Trinajstić information content (AvgIpc) is 3.43. The Hall–Kier alpha value is -2.08. The van der Waals surface area contributed by atoms with Crippen LogP contribution in [0.1, 0.15) is 39.2 Å². The van der Waals surface area contributed by atoms with Gasteiger partial charge >= 0.3 is 0 Å². The quantitative estimate of drug-likeness (QED) is 0.826. The van der Waals surface area contributed by atoms with Gasteiger partial charge in [-0.2, -0.15) is 0 Å². The first-order chi connectivity index (χ1) is 12.8. The highest BCUT2D eigenvalue weighted by atomic mass is 16.5. The molecular formula is C21H31N3O3. The van der Waals surface area contributed by atoms with Crippen LogP contribution >= 0.6 is 0 Å². The molecule has 1 saturated carbocycles. The van der Waals surface area contributed by atoms with Crippen LogP contribution < -0.4 is 10.1 Å². The van der Waals surface area contributed by atoms with Gasteiger partial charge in [0.2, 0.25) is 5.91 Å². The Morgan fingerprint density at radius 3 is 2.41 bits per heavy atom. The predicted molar refractivity (Wildman–Crippen MR) is 105 cm³/mol. The smallest absolute Gasteiger partial charge is 0.260 e. The number of benzene rings is 1. The van der Waals surface area contributed by atoms with E-state index < -0.39 is 0 Å². The summed E-state index contributed by atoms with van der Waals surface area (Å²) in [6.45, 7) is 9.61. The number of amides is 2. The van der Waals surface area contributed by atoms with Crippen molar-refractivity contribution in [3.63, 3.8) is 0 Å². The van der Waals surface area contributed by atoms with Gasteiger partial charge in [0.05, 0.1) is 6.54 Å². The number of carbonyl (C=O) groups is 2. The predicted octanol–water partition coefficient (Wildman–Crippen LogP) is 1.79. The Labute approximate surface area is 161 Å². The normalized spacial score (nSPS) is 18.3. The molecule has 1 aromatic rings. The van der Waals surface area contributed by atoms with Crippen molar-refractivity contribution in [2.45, 2.75) is 45.1 Å². The molecule has 0 spiro atoms. The van der Waals surface area contributed by atoms with E-state index in [1.165, 1.54) is 0 Å². The van der Waals surface area contributed by atoms with Crippen LogP contribution in [-0.4, -0.2) is 67.0 Å². The molecule has 1 aliphatic carbocycles. The van der Waals surface area contributed by atoms with E-state index in [4.69, 9.17) is 4.74 Å². The topological polar surface area (TPSA) is 61.9 Å². The maximum Gasteiger partial charge on any atom is 0.260 e. The molecule has 6 heteroatoms. The van der Waals surface area contributed by atoms with Crippen LogP contribution in [0, 0.1) is 0 Å². The Kier molecular flexibility index (Phi) is 6.05. The summed E-state index contributed by atoms with van der Waals surface area (Å²) in [5.41, 5.74) is 1.07. The van der Waals surface area contributed by atoms with Crippen LogP contribution in [0.15, 0.2) is 24.3 Å². The monoisotopic (exact) mass is 373 g/mol. The minimum atomic E-state index is -0.0354. The van der Waals surface area contributed by atoms with Gasteiger partial charge in [-0.1, -0.05) is 39.0 Å². The summed E-state index contributed by atoms with van der Waals surface area (Å²) < 4.78 is 5.85. The summed E-state index contributed by atoms with van der Waals surface area (Å²) in [6.07, 6.45) is 2.21. The van der Waals surface area contributed by atoms with Crippen molar-refractivity contribution in [3.8, 4) is 5.75 Å². The lowest BCUT2D eigenvalue weighted by molar-refractivity contribution is -0.135. The van der Waals surface area contributed by atoms with Crippen LogP contribution in [-0.2, 0) is 15.0 Å². The van der Waals surface area contributed by atoms with E-state index in [0.29, 0.717) is 25.7 Å². The van der Waals surface area contributed by atoms with Crippen molar-refractivity contribution in [1.82, 2.24) is 15.1 Å². The van der Waals surface area contributed by atoms with E-state index in [0.717, 1.165) is 37.2 Å². The molecule has 1 aromatic carbocycles. The molecule has 2 aliphatic rings. The summed E-state index contributed by atoms with van der Waals surface area (Å²) in [5.74, 6) is 0.869. The molecule has 6 nitrogen and oxygen atoms in total. The van der Waals surface area contributed by atoms with Gasteiger partial charge in [0.1, 0.15) is 5.75 Å². The molecule has 3 rings (SSSR count). The Morgan fingerprint density at radius 1 is 1.11 bits per heavy atom. The molecule has 1 aliphatic heterocycles. The third-order valence-electron chi connectivity index (χ3n) is 5.08. The standard InChI is InChI=1S/C21H31N3O3/c1-21(2,3)17-6-4-5-7-18(17)27-15-20(26)24-12-10-23(11-13-24)14-19(25)22-16-8-9-16/h4-7,16H,8-15H2,1-3H3,(H,22,25). The summed E-state index contributed by atoms with van der Waals surface area (Å²) in [4.78, 5) is 28.4. The summed E-state index contributed by atoms with van der Waals surface area (Å²) >= 11 is 0. The van der Waals surface area contributed by atoms with Crippen molar-refractivity contribution < 1.29 is 14.3 Å². The second-order valence-corrected chi connectivity index (χ2v) is 8.53. The zero-order valence-electron chi connectivity index (χ0n) is 16.7. The number of hydrogen-bond donors (Lipinski definition) is 1. The summed E-state index contributed by atoms with van der Waals surface area (Å²) in [6, 6.07) is 8.29. The second kappa shape index (κ2) is 8.30. The first-order valence-corrected chi connectivity index (χ1v) is 9.85. The van der Waals surface area contributed by atoms with Crippen molar-refractivity contribution in [3.05, 3.63) is 29.8 Å². The van der Waals surface area contributed by atoms with Gasteiger partial charge in [-0.25, -0.2) is 0 Å². The lowest BCUT2D eigenvalue weighted by atomic mass is 9.86. The second-order valence-electron chi connectivity index (χ2n) is 8.53. The van der Waals surface area contributed by atoms with Gasteiger partial charge in [-0.05, 0) is 29.9 Å². The van der Waals surface area contributed by atoms with Crippen LogP contribution in [0.2, 0.25) is 0 Å². The third-order valence-corrected chi connectivity index (χ3v) is 5.08. The number of para-hydroxylation sites is 1. The maximum atomic E-state index is 12.5. The highest BCUT2D eigenvalue weighted by Crippen LogP contribution is 2.30. The van der Waals surface area contributed by atoms with Gasteiger partial charge in [0.25, 0.3) is 5.91 Å². The molecular weight excluding hydrogens is 342 g/mol. The first kappa shape index (κ1) is 19.7. The van der Waals surface area contributed by atoms with Crippen LogP contribution in [0.5, 0.6) is 5.75 Å². The van der Waals surface area contributed by atoms with E-state index in [9.17, 15) is 9.59 Å². The molecule has 0 radical (unpaired) electrons. The van der Waals surface area contributed by atoms with E-state index in [1.54, 1.807) is 0 Å². The lowest BCUT2D eigenvalue weighted by Gasteiger charge is -2.34. The van der Waals surface area contributed by atoms with E-state index >= 15 is 0 Å². The highest BCUT2D eigenvalue weighted by molar-refractivity contribution is 5.79. The van der Waals surface area contributed by atoms with Crippen LogP contribution in [0.25, 0.3) is 0 Å². The fourth-order valence-corrected chi connectivity index (χ4v) is 3.30. The van der Waals surface area contributed by atoms with Crippen LogP contribution in [0.4, 0.5) is 0 Å². The molecule has 0 aromatic heterocycles. The van der Waals surface area contributed by atoms with Crippen molar-refractivity contribution in [2.75, 3.05) is 39.3 Å². The lowest BCUT2D eigenvalue weighted by Crippen LogP contribution is -2.52. The fourth-order valence-electron chi connectivity index (χ4n) is 3.30. The number of nitrogens with one attached hydrogen (secondary N) is 1. The first-order valence-electron chi connectivity index (χ1n) is 9.85. The van der Waals surface area contributed by atoms with Gasteiger partial charge in [0, 0.05) is 32.2 Å². The third kappa shape index (κ3) is 5.70. The number of ether oxygens (including phenoxy) is 1. The maximum absolute atomic E-state index is 12.5. The van der Waals surface area contributed by atoms with Gasteiger partial charge in [-0.3, -0.25) is 14.5 Å². The zero-order chi connectivity index (χ0) is 19.4. The average molecular weight is 373 g/mol. The molecule has 1 N–H and O–H groups in total. The molecule has 0 bridgehead atoms. The highest BCUT2D eigenvalue weighted by Gasteiger charge is 2.26. The van der Waals surface area contributed by atoms with Gasteiger partial charge < -0.3 is 15.0 Å². The van der Waals surface area contributed by atoms with Gasteiger partial charge in [0.15, 0.2) is 6.61 Å². The molecule has 27 heavy (non-hydrogen) atoms. The minimum absolute atomic E-state index is 0.000735. The molecule has 1 heterocycles.